The summed E-state index contributed by atoms with van der Waals surface area (Å²) in [7, 11) is 0. The lowest BCUT2D eigenvalue weighted by molar-refractivity contribution is -0.191. The number of urea groups is 1. The third-order valence-corrected chi connectivity index (χ3v) is 2.57. The Bertz CT molecular complexity index is 398. The summed E-state index contributed by atoms with van der Waals surface area (Å²) < 4.78 is 37.9. The fraction of sp³-hybridized carbons (Fsp3) is 0.625. The molecule has 0 spiro atoms. The van der Waals surface area contributed by atoms with Gasteiger partial charge in [-0.15, -0.1) is 0 Å². The molecule has 1 saturated heterocycles. The maximum absolute atomic E-state index is 12.6. The van der Waals surface area contributed by atoms with E-state index in [1.165, 1.54) is 0 Å². The molecule has 4 N–H and O–H groups in total. The van der Waals surface area contributed by atoms with Crippen LogP contribution in [0.1, 0.15) is 13.3 Å². The third-order valence-electron chi connectivity index (χ3n) is 2.57. The first kappa shape index (κ1) is 14.2. The van der Waals surface area contributed by atoms with Gasteiger partial charge in [-0.1, -0.05) is 0 Å². The largest absolute Gasteiger partial charge is 0.420 e. The molecule has 0 aromatic carbocycles. The molecule has 1 rings (SSSR count). The van der Waals surface area contributed by atoms with Crippen LogP contribution in [0.3, 0.4) is 0 Å². The molecule has 102 valence electrons. The van der Waals surface area contributed by atoms with E-state index in [1.807, 2.05) is 0 Å². The van der Waals surface area contributed by atoms with Gasteiger partial charge in [-0.2, -0.15) is 13.2 Å². The Morgan fingerprint density at radius 2 is 2.06 bits per heavy atom. The maximum Gasteiger partial charge on any atom is 0.420 e. The van der Waals surface area contributed by atoms with Gasteiger partial charge in [-0.25, -0.2) is 10.6 Å². The number of imide groups is 1. The lowest BCUT2D eigenvalue weighted by Crippen LogP contribution is -2.56. The minimum absolute atomic E-state index is 0.336. The zero-order valence-electron chi connectivity index (χ0n) is 9.30. The molecule has 7 nitrogen and oxygen atoms in total. The van der Waals surface area contributed by atoms with Crippen molar-refractivity contribution in [2.75, 3.05) is 6.54 Å². The average Bonchev–Trinajstić information content (AvgIpc) is 2.48. The number of hydrogen-bond acceptors (Lipinski definition) is 4. The van der Waals surface area contributed by atoms with E-state index in [2.05, 4.69) is 0 Å². The highest BCUT2D eigenvalue weighted by Crippen LogP contribution is 2.35. The smallest absolute Gasteiger partial charge is 0.316 e. The van der Waals surface area contributed by atoms with Gasteiger partial charge in [-0.3, -0.25) is 19.9 Å². The highest BCUT2D eigenvalue weighted by molar-refractivity contribution is 6.07. The van der Waals surface area contributed by atoms with Gasteiger partial charge < -0.3 is 5.32 Å². The Kier molecular flexibility index (Phi) is 3.51. The van der Waals surface area contributed by atoms with E-state index >= 15 is 0 Å². The molecule has 10 heteroatoms. The third kappa shape index (κ3) is 2.23. The van der Waals surface area contributed by atoms with Crippen molar-refractivity contribution in [2.45, 2.75) is 25.1 Å². The number of nitrogens with two attached hydrogens (primary N) is 1. The molecule has 0 saturated carbocycles. The van der Waals surface area contributed by atoms with Gasteiger partial charge in [0.1, 0.15) is 0 Å². The molecular formula is C8H11F3N4O3. The van der Waals surface area contributed by atoms with Crippen LogP contribution in [0.5, 0.6) is 0 Å². The average molecular weight is 268 g/mol. The zero-order valence-corrected chi connectivity index (χ0v) is 9.30. The molecule has 1 heterocycles. The van der Waals surface area contributed by atoms with Crippen molar-refractivity contribution < 1.29 is 27.6 Å². The molecule has 18 heavy (non-hydrogen) atoms. The van der Waals surface area contributed by atoms with Crippen molar-refractivity contribution in [1.29, 1.82) is 0 Å². The Labute approximate surface area is 99.4 Å². The monoisotopic (exact) mass is 268 g/mol. The lowest BCUT2D eigenvalue weighted by atomic mass is 10.0. The number of nitrogens with one attached hydrogen (secondary N) is 2. The van der Waals surface area contributed by atoms with Crippen molar-refractivity contribution in [3.8, 4) is 0 Å². The van der Waals surface area contributed by atoms with Crippen molar-refractivity contribution in [1.82, 2.24) is 15.6 Å². The first-order valence-electron chi connectivity index (χ1n) is 4.83. The number of hydrazine groups is 1. The fourth-order valence-corrected chi connectivity index (χ4v) is 1.38. The molecule has 0 bridgehead atoms. The van der Waals surface area contributed by atoms with E-state index < -0.39 is 36.1 Å². The topological polar surface area (TPSA) is 105 Å². The molecule has 0 aromatic heterocycles. The van der Waals surface area contributed by atoms with E-state index in [9.17, 15) is 27.6 Å². The molecule has 0 aromatic rings. The summed E-state index contributed by atoms with van der Waals surface area (Å²) in [6, 6.07) is -1.19. The normalized spacial score (nSPS) is 24.2. The van der Waals surface area contributed by atoms with Crippen molar-refractivity contribution in [3.05, 3.63) is 0 Å². The number of hydrogen-bond donors (Lipinski definition) is 3. The SMILES string of the molecule is CC1(C(F)(F)F)NC(=O)N(CCC(=O)NN)C1=O. The number of halogens is 3. The molecule has 1 aliphatic heterocycles. The molecule has 0 aliphatic carbocycles. The Morgan fingerprint density at radius 3 is 2.44 bits per heavy atom. The minimum atomic E-state index is -4.91. The highest BCUT2D eigenvalue weighted by Gasteiger charge is 2.64. The molecule has 1 fully saturated rings. The maximum atomic E-state index is 12.6. The van der Waals surface area contributed by atoms with E-state index in [-0.39, 0.29) is 6.42 Å². The quantitative estimate of drug-likeness (QED) is 0.271. The Morgan fingerprint density at radius 1 is 1.50 bits per heavy atom. The number of amides is 4. The molecular weight excluding hydrogens is 257 g/mol. The number of nitrogens with zero attached hydrogens (tertiary/aromatic N) is 1. The van der Waals surface area contributed by atoms with Crippen LogP contribution < -0.4 is 16.6 Å². The predicted octanol–water partition coefficient (Wildman–Crippen LogP) is -0.761. The highest BCUT2D eigenvalue weighted by atomic mass is 19.4. The van der Waals surface area contributed by atoms with E-state index in [4.69, 9.17) is 5.84 Å². The minimum Gasteiger partial charge on any atom is -0.316 e. The van der Waals surface area contributed by atoms with Crippen LogP contribution >= 0.6 is 0 Å². The number of carbonyl (C=O) groups excluding carboxylic acids is 3. The van der Waals surface area contributed by atoms with Gasteiger partial charge in [0.25, 0.3) is 5.91 Å². The van der Waals surface area contributed by atoms with Crippen molar-refractivity contribution in [3.63, 3.8) is 0 Å². The van der Waals surface area contributed by atoms with E-state index in [0.717, 1.165) is 0 Å². The summed E-state index contributed by atoms with van der Waals surface area (Å²) >= 11 is 0. The molecule has 1 atom stereocenters. The standard InChI is InChI=1S/C8H11F3N4O3/c1-7(8(9,10)11)5(17)15(6(18)13-7)3-2-4(16)14-12/h2-3,12H2,1H3,(H,13,18)(H,14,16). The summed E-state index contributed by atoms with van der Waals surface area (Å²) in [4.78, 5) is 34.0. The van der Waals surface area contributed by atoms with Crippen LogP contribution in [0, 0.1) is 0 Å². The number of alkyl halides is 3. The fourth-order valence-electron chi connectivity index (χ4n) is 1.38. The van der Waals surface area contributed by atoms with Gasteiger partial charge in [0, 0.05) is 13.0 Å². The zero-order chi connectivity index (χ0) is 14.1. The second-order valence-corrected chi connectivity index (χ2v) is 3.83. The summed E-state index contributed by atoms with van der Waals surface area (Å²) in [5, 5.41) is 1.56. The Hall–Kier alpha value is -1.84. The second-order valence-electron chi connectivity index (χ2n) is 3.83. The van der Waals surface area contributed by atoms with Crippen molar-refractivity contribution in [2.24, 2.45) is 5.84 Å². The van der Waals surface area contributed by atoms with Crippen LogP contribution in [0.15, 0.2) is 0 Å². The first-order valence-corrected chi connectivity index (χ1v) is 4.83. The van der Waals surface area contributed by atoms with Crippen LogP contribution in [-0.4, -0.2) is 41.0 Å². The van der Waals surface area contributed by atoms with Gasteiger partial charge in [0.05, 0.1) is 0 Å². The number of carbonyl (C=O) groups is 3. The van der Waals surface area contributed by atoms with Crippen LogP contribution in [0.2, 0.25) is 0 Å². The summed E-state index contributed by atoms with van der Waals surface area (Å²) in [6.45, 7) is 0.0929. The van der Waals surface area contributed by atoms with Gasteiger partial charge in [0.2, 0.25) is 11.4 Å². The van der Waals surface area contributed by atoms with E-state index in [0.29, 0.717) is 11.8 Å². The van der Waals surface area contributed by atoms with Crippen LogP contribution in [0.4, 0.5) is 18.0 Å². The van der Waals surface area contributed by atoms with Gasteiger partial charge >= 0.3 is 12.2 Å². The first-order chi connectivity index (χ1) is 8.13. The summed E-state index contributed by atoms with van der Waals surface area (Å²) in [5.74, 6) is 2.63. The molecule has 0 radical (unpaired) electrons. The molecule has 1 unspecified atom stereocenters. The van der Waals surface area contributed by atoms with Crippen LogP contribution in [0.25, 0.3) is 0 Å². The number of rotatable bonds is 3. The van der Waals surface area contributed by atoms with Gasteiger partial charge in [-0.05, 0) is 6.92 Å². The Balaban J connectivity index is 2.83. The molecule has 1 aliphatic rings. The van der Waals surface area contributed by atoms with E-state index in [1.54, 1.807) is 10.7 Å². The van der Waals surface area contributed by atoms with Crippen molar-refractivity contribution >= 4 is 17.8 Å². The molecule has 4 amide bonds. The predicted molar refractivity (Wildman–Crippen MR) is 51.7 cm³/mol. The lowest BCUT2D eigenvalue weighted by Gasteiger charge is -2.24. The van der Waals surface area contributed by atoms with Crippen LogP contribution in [-0.2, 0) is 9.59 Å². The summed E-state index contributed by atoms with van der Waals surface area (Å²) in [6.07, 6.45) is -5.28. The van der Waals surface area contributed by atoms with Gasteiger partial charge in [0.15, 0.2) is 0 Å². The second kappa shape index (κ2) is 4.44. The summed E-state index contributed by atoms with van der Waals surface area (Å²) in [5.41, 5.74) is -1.22.